The normalized spacial score (nSPS) is 15.8. The molecule has 1 aliphatic rings. The smallest absolute Gasteiger partial charge is 0.290 e. The number of carbonyl (C=O) groups is 2. The lowest BCUT2D eigenvalue weighted by atomic mass is 9.94. The van der Waals surface area contributed by atoms with E-state index < -0.39 is 23.5 Å². The van der Waals surface area contributed by atoms with Gasteiger partial charge < -0.3 is 19.2 Å². The summed E-state index contributed by atoms with van der Waals surface area (Å²) in [5.41, 5.74) is 2.95. The van der Waals surface area contributed by atoms with Gasteiger partial charge in [0, 0.05) is 17.0 Å². The van der Waals surface area contributed by atoms with E-state index >= 15 is 0 Å². The number of benzene rings is 3. The summed E-state index contributed by atoms with van der Waals surface area (Å²) in [6.45, 7) is 2.10. The van der Waals surface area contributed by atoms with Crippen LogP contribution in [0.25, 0.3) is 11.0 Å². The number of hydrogen-bond donors (Lipinski definition) is 1. The van der Waals surface area contributed by atoms with Crippen LogP contribution in [0.4, 0.5) is 0 Å². The Balaban J connectivity index is 1.59. The summed E-state index contributed by atoms with van der Waals surface area (Å²) in [5, 5.41) is 12.1. The fourth-order valence-corrected chi connectivity index (χ4v) is 4.64. The second-order valence-electron chi connectivity index (χ2n) is 8.49. The van der Waals surface area contributed by atoms with E-state index in [1.165, 1.54) is 4.90 Å². The molecule has 1 unspecified atom stereocenters. The third-order valence-corrected chi connectivity index (χ3v) is 6.33. The SMILES string of the molecule is COc1cccc(CN2C(=O)C(O)=C(C(=O)c3cc4cc(Cl)ccc4o3)C2c2cccc(C)c2)c1. The molecule has 5 rings (SSSR count). The molecule has 0 bridgehead atoms. The van der Waals surface area contributed by atoms with Crippen molar-refractivity contribution in [2.24, 2.45) is 0 Å². The maximum atomic E-state index is 13.7. The predicted molar refractivity (Wildman–Crippen MR) is 133 cm³/mol. The van der Waals surface area contributed by atoms with Gasteiger partial charge in [0.1, 0.15) is 11.3 Å². The van der Waals surface area contributed by atoms with Crippen LogP contribution in [0.1, 0.15) is 33.3 Å². The number of aryl methyl sites for hydroxylation is 1. The number of ether oxygens (including phenoxy) is 1. The summed E-state index contributed by atoms with van der Waals surface area (Å²) in [7, 11) is 1.57. The number of Topliss-reactive ketones (excluding diaryl/α,β-unsaturated/α-hetero) is 1. The highest BCUT2D eigenvalue weighted by atomic mass is 35.5. The number of nitrogens with zero attached hydrogens (tertiary/aromatic N) is 1. The van der Waals surface area contributed by atoms with Gasteiger partial charge in [0.15, 0.2) is 11.5 Å². The van der Waals surface area contributed by atoms with Crippen LogP contribution in [-0.4, -0.2) is 28.8 Å². The standard InChI is InChI=1S/C28H22ClNO5/c1-16-5-3-7-18(11-16)25-24(26(31)23-14-19-13-20(29)9-10-22(19)35-23)27(32)28(33)30(25)15-17-6-4-8-21(12-17)34-2/h3-14,25,32H,15H2,1-2H3. The molecule has 6 nitrogen and oxygen atoms in total. The molecule has 4 aromatic rings. The van der Waals surface area contributed by atoms with Gasteiger partial charge in [0.2, 0.25) is 5.78 Å². The van der Waals surface area contributed by atoms with Gasteiger partial charge in [0.25, 0.3) is 5.91 Å². The van der Waals surface area contributed by atoms with Crippen molar-refractivity contribution in [2.75, 3.05) is 7.11 Å². The van der Waals surface area contributed by atoms with E-state index in [0.717, 1.165) is 11.1 Å². The zero-order chi connectivity index (χ0) is 24.7. The first kappa shape index (κ1) is 22.7. The highest BCUT2D eigenvalue weighted by molar-refractivity contribution is 6.31. The van der Waals surface area contributed by atoms with Crippen molar-refractivity contribution in [3.63, 3.8) is 0 Å². The number of carbonyl (C=O) groups excluding carboxylic acids is 2. The average molecular weight is 488 g/mol. The minimum atomic E-state index is -0.794. The van der Waals surface area contributed by atoms with Crippen molar-refractivity contribution >= 4 is 34.3 Å². The second-order valence-corrected chi connectivity index (χ2v) is 8.92. The van der Waals surface area contributed by atoms with Gasteiger partial charge in [0.05, 0.1) is 18.7 Å². The number of amides is 1. The molecule has 176 valence electrons. The molecule has 0 aliphatic carbocycles. The van der Waals surface area contributed by atoms with E-state index in [1.54, 1.807) is 31.4 Å². The summed E-state index contributed by atoms with van der Waals surface area (Å²) in [4.78, 5) is 28.5. The highest BCUT2D eigenvalue weighted by Gasteiger charge is 2.44. The number of ketones is 1. The number of halogens is 1. The number of rotatable bonds is 6. The first-order valence-corrected chi connectivity index (χ1v) is 11.4. The van der Waals surface area contributed by atoms with Crippen molar-refractivity contribution in [1.29, 1.82) is 0 Å². The molecule has 35 heavy (non-hydrogen) atoms. The van der Waals surface area contributed by atoms with Gasteiger partial charge >= 0.3 is 0 Å². The molecule has 1 amide bonds. The largest absolute Gasteiger partial charge is 0.503 e. The van der Waals surface area contributed by atoms with Crippen LogP contribution in [-0.2, 0) is 11.3 Å². The highest BCUT2D eigenvalue weighted by Crippen LogP contribution is 2.41. The Morgan fingerprint density at radius 2 is 1.89 bits per heavy atom. The van der Waals surface area contributed by atoms with Crippen LogP contribution < -0.4 is 4.74 Å². The molecule has 0 radical (unpaired) electrons. The molecular weight excluding hydrogens is 466 g/mol. The lowest BCUT2D eigenvalue weighted by molar-refractivity contribution is -0.130. The molecule has 0 saturated heterocycles. The Bertz CT molecular complexity index is 1500. The molecule has 1 atom stereocenters. The molecule has 7 heteroatoms. The van der Waals surface area contributed by atoms with Crippen LogP contribution in [0, 0.1) is 6.92 Å². The number of fused-ring (bicyclic) bond motifs is 1. The van der Waals surface area contributed by atoms with Crippen molar-refractivity contribution in [1.82, 2.24) is 4.90 Å². The van der Waals surface area contributed by atoms with Crippen LogP contribution in [0.5, 0.6) is 5.75 Å². The van der Waals surface area contributed by atoms with E-state index in [-0.39, 0.29) is 17.9 Å². The molecule has 1 aliphatic heterocycles. The Hall–Kier alpha value is -4.03. The fraction of sp³-hybridized carbons (Fsp3) is 0.143. The number of methoxy groups -OCH3 is 1. The van der Waals surface area contributed by atoms with Gasteiger partial charge in [-0.3, -0.25) is 9.59 Å². The van der Waals surface area contributed by atoms with Crippen LogP contribution in [0.2, 0.25) is 5.02 Å². The van der Waals surface area contributed by atoms with Gasteiger partial charge in [-0.15, -0.1) is 0 Å². The maximum absolute atomic E-state index is 13.7. The van der Waals surface area contributed by atoms with E-state index in [4.69, 9.17) is 20.8 Å². The van der Waals surface area contributed by atoms with Gasteiger partial charge in [-0.25, -0.2) is 0 Å². The maximum Gasteiger partial charge on any atom is 0.290 e. The van der Waals surface area contributed by atoms with Crippen LogP contribution in [0.3, 0.4) is 0 Å². The van der Waals surface area contributed by atoms with Gasteiger partial charge in [-0.2, -0.15) is 0 Å². The zero-order valence-corrected chi connectivity index (χ0v) is 19.9. The first-order chi connectivity index (χ1) is 16.9. The summed E-state index contributed by atoms with van der Waals surface area (Å²) in [5.74, 6) is -1.08. The van der Waals surface area contributed by atoms with Gasteiger partial charge in [-0.1, -0.05) is 53.6 Å². The summed E-state index contributed by atoms with van der Waals surface area (Å²) in [6, 6.07) is 20.7. The second kappa shape index (κ2) is 8.96. The Morgan fingerprint density at radius 3 is 2.66 bits per heavy atom. The summed E-state index contributed by atoms with van der Waals surface area (Å²) in [6.07, 6.45) is 0. The van der Waals surface area contributed by atoms with E-state index in [1.807, 2.05) is 55.5 Å². The molecule has 0 spiro atoms. The summed E-state index contributed by atoms with van der Waals surface area (Å²) >= 11 is 6.08. The number of furan rings is 1. The quantitative estimate of drug-likeness (QED) is 0.328. The van der Waals surface area contributed by atoms with Crippen LogP contribution >= 0.6 is 11.6 Å². The number of aliphatic hydroxyl groups is 1. The zero-order valence-electron chi connectivity index (χ0n) is 19.1. The van der Waals surface area contributed by atoms with Crippen molar-refractivity contribution in [3.05, 3.63) is 112 Å². The van der Waals surface area contributed by atoms with Crippen LogP contribution in [0.15, 0.2) is 88.5 Å². The average Bonchev–Trinajstić information content (AvgIpc) is 3.38. The Morgan fingerprint density at radius 1 is 1.09 bits per heavy atom. The minimum Gasteiger partial charge on any atom is -0.503 e. The molecular formula is C28H22ClNO5. The summed E-state index contributed by atoms with van der Waals surface area (Å²) < 4.78 is 11.1. The van der Waals surface area contributed by atoms with E-state index in [2.05, 4.69) is 0 Å². The predicted octanol–water partition coefficient (Wildman–Crippen LogP) is 6.18. The molecule has 3 aromatic carbocycles. The molecule has 1 aromatic heterocycles. The first-order valence-electron chi connectivity index (χ1n) is 11.0. The van der Waals surface area contributed by atoms with Crippen molar-refractivity contribution in [2.45, 2.75) is 19.5 Å². The molecule has 2 heterocycles. The van der Waals surface area contributed by atoms with Gasteiger partial charge in [-0.05, 0) is 54.4 Å². The Labute approximate surface area is 207 Å². The van der Waals surface area contributed by atoms with Crippen molar-refractivity contribution in [3.8, 4) is 5.75 Å². The monoisotopic (exact) mass is 487 g/mol. The van der Waals surface area contributed by atoms with E-state index in [9.17, 15) is 14.7 Å². The Kier molecular flexibility index (Phi) is 5.83. The molecule has 0 saturated carbocycles. The minimum absolute atomic E-state index is 0.0198. The number of hydrogen-bond acceptors (Lipinski definition) is 5. The topological polar surface area (TPSA) is 80.0 Å². The van der Waals surface area contributed by atoms with E-state index in [0.29, 0.717) is 27.3 Å². The lowest BCUT2D eigenvalue weighted by Crippen LogP contribution is -2.30. The third kappa shape index (κ3) is 4.17. The molecule has 1 N–H and O–H groups in total. The lowest BCUT2D eigenvalue weighted by Gasteiger charge is -2.27. The fourth-order valence-electron chi connectivity index (χ4n) is 4.46. The third-order valence-electron chi connectivity index (χ3n) is 6.10. The molecule has 0 fully saturated rings. The number of aliphatic hydroxyl groups excluding tert-OH is 1. The van der Waals surface area contributed by atoms with Crippen molar-refractivity contribution < 1.29 is 23.8 Å².